The second-order valence-corrected chi connectivity index (χ2v) is 4.75. The number of aryl methyl sites for hydroxylation is 1. The van der Waals surface area contributed by atoms with E-state index in [1.165, 1.54) is 4.90 Å². The van der Waals surface area contributed by atoms with Crippen LogP contribution >= 0.6 is 0 Å². The third kappa shape index (κ3) is 3.12. The van der Waals surface area contributed by atoms with Gasteiger partial charge >= 0.3 is 11.8 Å². The van der Waals surface area contributed by atoms with Crippen LogP contribution in [0.1, 0.15) is 5.56 Å². The van der Waals surface area contributed by atoms with Crippen LogP contribution in [-0.4, -0.2) is 49.9 Å². The fraction of sp³-hybridized carbons (Fsp3) is 0.429. The molecule has 1 aromatic rings. The summed E-state index contributed by atoms with van der Waals surface area (Å²) in [4.78, 5) is 27.3. The van der Waals surface area contributed by atoms with Crippen LogP contribution in [0.3, 0.4) is 0 Å². The van der Waals surface area contributed by atoms with Gasteiger partial charge in [0.05, 0.1) is 0 Å². The lowest BCUT2D eigenvalue weighted by atomic mass is 10.2. The topological polar surface area (TPSA) is 52.7 Å². The van der Waals surface area contributed by atoms with Gasteiger partial charge in [0.1, 0.15) is 0 Å². The zero-order valence-electron chi connectivity index (χ0n) is 11.3. The summed E-state index contributed by atoms with van der Waals surface area (Å²) < 4.78 is 0. The normalized spacial score (nSPS) is 15.2. The maximum Gasteiger partial charge on any atom is 0.316 e. The lowest BCUT2D eigenvalue weighted by molar-refractivity contribution is -0.144. The Morgan fingerprint density at radius 3 is 2.58 bits per heavy atom. The van der Waals surface area contributed by atoms with Gasteiger partial charge in [0.15, 0.2) is 0 Å². The summed E-state index contributed by atoms with van der Waals surface area (Å²) in [7, 11) is 1.64. The van der Waals surface area contributed by atoms with Crippen LogP contribution in [-0.2, 0) is 9.59 Å². The first kappa shape index (κ1) is 13.5. The summed E-state index contributed by atoms with van der Waals surface area (Å²) >= 11 is 0. The van der Waals surface area contributed by atoms with Gasteiger partial charge in [0.2, 0.25) is 0 Å². The number of carbonyl (C=O) groups is 2. The van der Waals surface area contributed by atoms with Gasteiger partial charge in [-0.25, -0.2) is 0 Å². The fourth-order valence-corrected chi connectivity index (χ4v) is 2.10. The van der Waals surface area contributed by atoms with Crippen LogP contribution in [0.15, 0.2) is 24.3 Å². The summed E-state index contributed by atoms with van der Waals surface area (Å²) in [5, 5.41) is 3.16. The average molecular weight is 261 g/mol. The Bertz CT molecular complexity index is 481. The van der Waals surface area contributed by atoms with E-state index in [1.807, 2.05) is 31.2 Å². The molecular formula is C14H19N3O2. The standard InChI is InChI=1S/C14H19N3O2/c1-11-4-3-5-12(10-11)16(2)13(18)14(19)17-8-6-15-7-9-17/h3-5,10,15H,6-9H2,1-2H3. The van der Waals surface area contributed by atoms with Crippen molar-refractivity contribution in [2.24, 2.45) is 0 Å². The summed E-state index contributed by atoms with van der Waals surface area (Å²) in [6.07, 6.45) is 0. The van der Waals surface area contributed by atoms with Crippen LogP contribution in [0.25, 0.3) is 0 Å². The highest BCUT2D eigenvalue weighted by Crippen LogP contribution is 2.15. The molecule has 2 amide bonds. The van der Waals surface area contributed by atoms with Gasteiger partial charge < -0.3 is 15.1 Å². The Labute approximate surface area is 113 Å². The van der Waals surface area contributed by atoms with Crippen molar-refractivity contribution in [1.29, 1.82) is 0 Å². The molecule has 19 heavy (non-hydrogen) atoms. The Morgan fingerprint density at radius 2 is 1.95 bits per heavy atom. The second kappa shape index (κ2) is 5.84. The molecule has 0 bridgehead atoms. The molecular weight excluding hydrogens is 242 g/mol. The minimum Gasteiger partial charge on any atom is -0.332 e. The molecule has 0 saturated carbocycles. The van der Waals surface area contributed by atoms with E-state index < -0.39 is 11.8 Å². The molecule has 1 N–H and O–H groups in total. The van der Waals surface area contributed by atoms with E-state index in [-0.39, 0.29) is 0 Å². The molecule has 1 fully saturated rings. The van der Waals surface area contributed by atoms with Gasteiger partial charge in [-0.2, -0.15) is 0 Å². The predicted octanol–water partition coefficient (Wildman–Crippen LogP) is 0.390. The number of hydrogen-bond donors (Lipinski definition) is 1. The van der Waals surface area contributed by atoms with E-state index in [0.717, 1.165) is 24.3 Å². The molecule has 0 unspecified atom stereocenters. The van der Waals surface area contributed by atoms with Crippen LogP contribution < -0.4 is 10.2 Å². The molecule has 1 aromatic carbocycles. The predicted molar refractivity (Wildman–Crippen MR) is 74.0 cm³/mol. The highest BCUT2D eigenvalue weighted by Gasteiger charge is 2.26. The quantitative estimate of drug-likeness (QED) is 0.744. The van der Waals surface area contributed by atoms with Crippen molar-refractivity contribution in [2.75, 3.05) is 38.1 Å². The van der Waals surface area contributed by atoms with Crippen molar-refractivity contribution in [1.82, 2.24) is 10.2 Å². The van der Waals surface area contributed by atoms with Gasteiger partial charge in [0.25, 0.3) is 0 Å². The minimum atomic E-state index is -0.479. The van der Waals surface area contributed by atoms with E-state index in [2.05, 4.69) is 5.32 Å². The monoisotopic (exact) mass is 261 g/mol. The van der Waals surface area contributed by atoms with Gasteiger partial charge in [-0.15, -0.1) is 0 Å². The number of benzene rings is 1. The van der Waals surface area contributed by atoms with Gasteiger partial charge in [-0.1, -0.05) is 12.1 Å². The zero-order chi connectivity index (χ0) is 13.8. The maximum atomic E-state index is 12.2. The molecule has 1 heterocycles. The number of anilines is 1. The van der Waals surface area contributed by atoms with E-state index in [9.17, 15) is 9.59 Å². The van der Waals surface area contributed by atoms with Crippen LogP contribution in [0.5, 0.6) is 0 Å². The Kier molecular flexibility index (Phi) is 4.16. The summed E-state index contributed by atoms with van der Waals surface area (Å²) in [6.45, 7) is 4.62. The number of nitrogens with one attached hydrogen (secondary N) is 1. The summed E-state index contributed by atoms with van der Waals surface area (Å²) in [5.74, 6) is -0.905. The molecule has 0 spiro atoms. The molecule has 0 aliphatic carbocycles. The Hall–Kier alpha value is -1.88. The van der Waals surface area contributed by atoms with Crippen LogP contribution in [0, 0.1) is 6.92 Å². The fourth-order valence-electron chi connectivity index (χ4n) is 2.10. The van der Waals surface area contributed by atoms with Crippen molar-refractivity contribution in [3.05, 3.63) is 29.8 Å². The lowest BCUT2D eigenvalue weighted by Crippen LogP contribution is -2.51. The van der Waals surface area contributed by atoms with E-state index in [4.69, 9.17) is 0 Å². The minimum absolute atomic E-state index is 0.425. The summed E-state index contributed by atoms with van der Waals surface area (Å²) in [5.41, 5.74) is 1.81. The van der Waals surface area contributed by atoms with E-state index in [1.54, 1.807) is 11.9 Å². The van der Waals surface area contributed by atoms with E-state index in [0.29, 0.717) is 13.1 Å². The SMILES string of the molecule is Cc1cccc(N(C)C(=O)C(=O)N2CCNCC2)c1. The number of rotatable bonds is 1. The van der Waals surface area contributed by atoms with E-state index >= 15 is 0 Å². The molecule has 0 radical (unpaired) electrons. The highest BCUT2D eigenvalue weighted by molar-refractivity contribution is 6.40. The highest BCUT2D eigenvalue weighted by atomic mass is 16.2. The molecule has 0 aromatic heterocycles. The molecule has 1 aliphatic rings. The smallest absolute Gasteiger partial charge is 0.316 e. The first-order chi connectivity index (χ1) is 9.09. The first-order valence-corrected chi connectivity index (χ1v) is 6.44. The Morgan fingerprint density at radius 1 is 1.26 bits per heavy atom. The van der Waals surface area contributed by atoms with Crippen LogP contribution in [0.4, 0.5) is 5.69 Å². The van der Waals surface area contributed by atoms with Gasteiger partial charge in [-0.3, -0.25) is 9.59 Å². The largest absolute Gasteiger partial charge is 0.332 e. The second-order valence-electron chi connectivity index (χ2n) is 4.75. The number of carbonyl (C=O) groups excluding carboxylic acids is 2. The number of nitrogens with zero attached hydrogens (tertiary/aromatic N) is 2. The number of amides is 2. The lowest BCUT2D eigenvalue weighted by Gasteiger charge is -2.28. The average Bonchev–Trinajstić information content (AvgIpc) is 2.46. The van der Waals surface area contributed by atoms with Crippen LogP contribution in [0.2, 0.25) is 0 Å². The number of likely N-dealkylation sites (N-methyl/N-ethyl adjacent to an activating group) is 1. The molecule has 5 heteroatoms. The zero-order valence-corrected chi connectivity index (χ0v) is 11.3. The molecule has 5 nitrogen and oxygen atoms in total. The van der Waals surface area contributed by atoms with Crippen molar-refractivity contribution >= 4 is 17.5 Å². The third-order valence-corrected chi connectivity index (χ3v) is 3.28. The molecule has 0 atom stereocenters. The van der Waals surface area contributed by atoms with Crippen molar-refractivity contribution in [3.63, 3.8) is 0 Å². The number of piperazine rings is 1. The molecule has 1 aliphatic heterocycles. The third-order valence-electron chi connectivity index (χ3n) is 3.28. The van der Waals surface area contributed by atoms with Crippen molar-refractivity contribution in [3.8, 4) is 0 Å². The van der Waals surface area contributed by atoms with Crippen molar-refractivity contribution < 1.29 is 9.59 Å². The molecule has 2 rings (SSSR count). The van der Waals surface area contributed by atoms with Gasteiger partial charge in [0, 0.05) is 38.9 Å². The molecule has 102 valence electrons. The maximum absolute atomic E-state index is 12.2. The summed E-state index contributed by atoms with van der Waals surface area (Å²) in [6, 6.07) is 7.56. The van der Waals surface area contributed by atoms with Crippen molar-refractivity contribution in [2.45, 2.75) is 6.92 Å². The van der Waals surface area contributed by atoms with Gasteiger partial charge in [-0.05, 0) is 24.6 Å². The molecule has 1 saturated heterocycles. The number of hydrogen-bond acceptors (Lipinski definition) is 3. The Balaban J connectivity index is 2.08. The first-order valence-electron chi connectivity index (χ1n) is 6.44.